The average molecular weight is 369 g/mol. The number of morpholine rings is 1. The largest absolute Gasteiger partial charge is 0.395 e. The van der Waals surface area contributed by atoms with Gasteiger partial charge < -0.3 is 20.1 Å². The van der Waals surface area contributed by atoms with Crippen molar-refractivity contribution in [2.45, 2.75) is 6.10 Å². The van der Waals surface area contributed by atoms with Crippen LogP contribution in [-0.2, 0) is 4.74 Å². The van der Waals surface area contributed by atoms with Gasteiger partial charge in [0.15, 0.2) is 0 Å². The van der Waals surface area contributed by atoms with Gasteiger partial charge in [-0.1, -0.05) is 29.3 Å². The zero-order valence-electron chi connectivity index (χ0n) is 13.0. The third-order valence-electron chi connectivity index (χ3n) is 3.78. The van der Waals surface area contributed by atoms with Crippen LogP contribution < -0.4 is 10.2 Å². The Morgan fingerprint density at radius 3 is 2.92 bits per heavy atom. The highest BCUT2D eigenvalue weighted by Gasteiger charge is 2.23. The number of ether oxygens (including phenoxy) is 1. The van der Waals surface area contributed by atoms with Crippen LogP contribution >= 0.6 is 23.2 Å². The van der Waals surface area contributed by atoms with Crippen molar-refractivity contribution in [1.29, 1.82) is 0 Å². The van der Waals surface area contributed by atoms with Gasteiger partial charge in [-0.2, -0.15) is 0 Å². The van der Waals surface area contributed by atoms with E-state index < -0.39 is 0 Å². The van der Waals surface area contributed by atoms with Crippen molar-refractivity contribution in [1.82, 2.24) is 9.97 Å². The Hall–Kier alpha value is -1.60. The number of nitrogens with zero attached hydrogens (tertiary/aromatic N) is 3. The van der Waals surface area contributed by atoms with E-state index in [1.165, 1.54) is 6.33 Å². The second-order valence-corrected chi connectivity index (χ2v) is 6.21. The molecule has 2 heterocycles. The highest BCUT2D eigenvalue weighted by molar-refractivity contribution is 6.42. The number of aliphatic hydroxyl groups is 1. The van der Waals surface area contributed by atoms with E-state index >= 15 is 0 Å². The molecule has 1 aromatic carbocycles. The van der Waals surface area contributed by atoms with Crippen LogP contribution in [0.3, 0.4) is 0 Å². The fourth-order valence-corrected chi connectivity index (χ4v) is 2.88. The molecule has 3 rings (SSSR count). The summed E-state index contributed by atoms with van der Waals surface area (Å²) < 4.78 is 5.87. The molecule has 0 bridgehead atoms. The lowest BCUT2D eigenvalue weighted by atomic mass is 10.1. The van der Waals surface area contributed by atoms with Crippen LogP contribution in [0.15, 0.2) is 30.6 Å². The van der Waals surface area contributed by atoms with Crippen molar-refractivity contribution in [2.75, 3.05) is 43.1 Å². The van der Waals surface area contributed by atoms with Gasteiger partial charge in [0, 0.05) is 25.7 Å². The van der Waals surface area contributed by atoms with Crippen LogP contribution in [-0.4, -0.2) is 47.9 Å². The molecule has 1 fully saturated rings. The lowest BCUT2D eigenvalue weighted by Crippen LogP contribution is -2.38. The van der Waals surface area contributed by atoms with Crippen molar-refractivity contribution < 1.29 is 9.84 Å². The molecule has 8 heteroatoms. The molecule has 0 radical (unpaired) electrons. The third kappa shape index (κ3) is 4.08. The lowest BCUT2D eigenvalue weighted by Gasteiger charge is -2.34. The number of halogens is 2. The van der Waals surface area contributed by atoms with Gasteiger partial charge >= 0.3 is 0 Å². The van der Waals surface area contributed by atoms with Crippen LogP contribution in [0.5, 0.6) is 0 Å². The van der Waals surface area contributed by atoms with Crippen LogP contribution in [0.25, 0.3) is 0 Å². The summed E-state index contributed by atoms with van der Waals surface area (Å²) >= 11 is 12.1. The molecule has 1 aromatic heterocycles. The number of rotatable bonds is 5. The van der Waals surface area contributed by atoms with Crippen LogP contribution in [0, 0.1) is 0 Å². The summed E-state index contributed by atoms with van der Waals surface area (Å²) in [6.07, 6.45) is 1.41. The quantitative estimate of drug-likeness (QED) is 0.845. The van der Waals surface area contributed by atoms with E-state index in [0.29, 0.717) is 35.6 Å². The molecule has 1 aliphatic heterocycles. The molecule has 0 amide bonds. The summed E-state index contributed by atoms with van der Waals surface area (Å²) in [7, 11) is 0. The molecule has 1 unspecified atom stereocenters. The number of aliphatic hydroxyl groups excluding tert-OH is 1. The van der Waals surface area contributed by atoms with Gasteiger partial charge in [0.25, 0.3) is 0 Å². The second-order valence-electron chi connectivity index (χ2n) is 5.39. The number of nitrogens with one attached hydrogen (secondary N) is 1. The van der Waals surface area contributed by atoms with E-state index in [9.17, 15) is 0 Å². The molecule has 2 N–H and O–H groups in total. The Kier molecular flexibility index (Phi) is 5.73. The van der Waals surface area contributed by atoms with Crippen molar-refractivity contribution in [3.05, 3.63) is 46.2 Å². The van der Waals surface area contributed by atoms with Crippen molar-refractivity contribution in [3.8, 4) is 0 Å². The standard InChI is InChI=1S/C16H18Cl2N4O2/c17-12-2-1-11(7-13(12)18)14-9-22(4-6-24-14)16-8-15(19-3-5-23)20-10-21-16/h1-2,7-8,10,14,23H,3-6,9H2,(H,19,20,21). The van der Waals surface area contributed by atoms with E-state index in [1.807, 2.05) is 18.2 Å². The molecular formula is C16H18Cl2N4O2. The first-order chi connectivity index (χ1) is 11.7. The van der Waals surface area contributed by atoms with Gasteiger partial charge in [-0.25, -0.2) is 9.97 Å². The maximum atomic E-state index is 8.90. The maximum absolute atomic E-state index is 8.90. The van der Waals surface area contributed by atoms with E-state index in [-0.39, 0.29) is 12.7 Å². The fourth-order valence-electron chi connectivity index (χ4n) is 2.57. The average Bonchev–Trinajstić information content (AvgIpc) is 2.62. The highest BCUT2D eigenvalue weighted by Crippen LogP contribution is 2.30. The Bertz CT molecular complexity index is 702. The Balaban J connectivity index is 1.74. The molecule has 0 saturated carbocycles. The first-order valence-electron chi connectivity index (χ1n) is 7.65. The SMILES string of the molecule is OCCNc1cc(N2CCOC(c3ccc(Cl)c(Cl)c3)C2)ncn1. The molecule has 1 aliphatic rings. The summed E-state index contributed by atoms with van der Waals surface area (Å²) in [6, 6.07) is 7.42. The molecule has 2 aromatic rings. The molecule has 6 nitrogen and oxygen atoms in total. The number of anilines is 2. The highest BCUT2D eigenvalue weighted by atomic mass is 35.5. The Morgan fingerprint density at radius 1 is 1.25 bits per heavy atom. The Labute approximate surface area is 150 Å². The normalized spacial score (nSPS) is 17.8. The molecule has 0 aliphatic carbocycles. The van der Waals surface area contributed by atoms with Crippen molar-refractivity contribution >= 4 is 34.8 Å². The summed E-state index contributed by atoms with van der Waals surface area (Å²) in [5.41, 5.74) is 0.988. The van der Waals surface area contributed by atoms with Crippen molar-refractivity contribution in [2.24, 2.45) is 0 Å². The van der Waals surface area contributed by atoms with Gasteiger partial charge in [-0.15, -0.1) is 0 Å². The molecule has 1 saturated heterocycles. The summed E-state index contributed by atoms with van der Waals surface area (Å²) in [5, 5.41) is 13.0. The Morgan fingerprint density at radius 2 is 2.12 bits per heavy atom. The van der Waals surface area contributed by atoms with Crippen molar-refractivity contribution in [3.63, 3.8) is 0 Å². The minimum atomic E-state index is -0.0997. The molecule has 0 spiro atoms. The van der Waals surface area contributed by atoms with Gasteiger partial charge in [0.2, 0.25) is 0 Å². The summed E-state index contributed by atoms with van der Waals surface area (Å²) in [4.78, 5) is 10.6. The number of benzene rings is 1. The molecular weight excluding hydrogens is 351 g/mol. The van der Waals surface area contributed by atoms with E-state index in [0.717, 1.165) is 17.9 Å². The van der Waals surface area contributed by atoms with E-state index in [1.54, 1.807) is 6.07 Å². The minimum absolute atomic E-state index is 0.0519. The first kappa shape index (κ1) is 17.2. The van der Waals surface area contributed by atoms with Crippen LogP contribution in [0.2, 0.25) is 10.0 Å². The zero-order chi connectivity index (χ0) is 16.9. The molecule has 1 atom stereocenters. The van der Waals surface area contributed by atoms with E-state index in [2.05, 4.69) is 20.2 Å². The lowest BCUT2D eigenvalue weighted by molar-refractivity contribution is 0.0395. The van der Waals surface area contributed by atoms with Gasteiger partial charge in [0.05, 0.1) is 23.3 Å². The second kappa shape index (κ2) is 7.98. The molecule has 24 heavy (non-hydrogen) atoms. The number of hydrogen-bond donors (Lipinski definition) is 2. The fraction of sp³-hybridized carbons (Fsp3) is 0.375. The van der Waals surface area contributed by atoms with Crippen LogP contribution in [0.4, 0.5) is 11.6 Å². The molecule has 128 valence electrons. The maximum Gasteiger partial charge on any atom is 0.134 e. The smallest absolute Gasteiger partial charge is 0.134 e. The van der Waals surface area contributed by atoms with Gasteiger partial charge in [0.1, 0.15) is 24.1 Å². The predicted octanol–water partition coefficient (Wildman–Crippen LogP) is 2.77. The monoisotopic (exact) mass is 368 g/mol. The minimum Gasteiger partial charge on any atom is -0.395 e. The number of hydrogen-bond acceptors (Lipinski definition) is 6. The first-order valence-corrected chi connectivity index (χ1v) is 8.41. The van der Waals surface area contributed by atoms with Gasteiger partial charge in [-0.05, 0) is 17.7 Å². The summed E-state index contributed by atoms with van der Waals surface area (Å²) in [6.45, 7) is 2.50. The van der Waals surface area contributed by atoms with Gasteiger partial charge in [-0.3, -0.25) is 0 Å². The topological polar surface area (TPSA) is 70.5 Å². The third-order valence-corrected chi connectivity index (χ3v) is 4.52. The zero-order valence-corrected chi connectivity index (χ0v) is 14.5. The number of aromatic nitrogens is 2. The predicted molar refractivity (Wildman–Crippen MR) is 95.0 cm³/mol. The van der Waals surface area contributed by atoms with E-state index in [4.69, 9.17) is 33.0 Å². The summed E-state index contributed by atoms with van der Waals surface area (Å²) in [5.74, 6) is 1.51. The van der Waals surface area contributed by atoms with Crippen LogP contribution in [0.1, 0.15) is 11.7 Å².